The monoisotopic (exact) mass is 510 g/mol. The van der Waals surface area contributed by atoms with Crippen molar-refractivity contribution in [3.8, 4) is 5.75 Å². The first-order valence-electron chi connectivity index (χ1n) is 15.2. The van der Waals surface area contributed by atoms with Gasteiger partial charge in [-0.3, -0.25) is 9.80 Å². The molecule has 8 atom stereocenters. The van der Waals surface area contributed by atoms with Crippen molar-refractivity contribution in [1.29, 1.82) is 0 Å². The van der Waals surface area contributed by atoms with Crippen molar-refractivity contribution in [3.05, 3.63) is 29.8 Å². The Hall–Kier alpha value is -1.14. The van der Waals surface area contributed by atoms with Crippen molar-refractivity contribution in [3.63, 3.8) is 0 Å². The van der Waals surface area contributed by atoms with E-state index in [1.807, 2.05) is 6.07 Å². The van der Waals surface area contributed by atoms with Gasteiger partial charge in [0.15, 0.2) is 0 Å². The maximum Gasteiger partial charge on any atom is 0.119 e. The fourth-order valence-corrected chi connectivity index (χ4v) is 9.99. The number of ether oxygens (including phenoxy) is 1. The van der Waals surface area contributed by atoms with Gasteiger partial charge in [0.25, 0.3) is 0 Å². The third-order valence-corrected chi connectivity index (χ3v) is 12.3. The average molecular weight is 511 g/mol. The molecule has 0 amide bonds. The van der Waals surface area contributed by atoms with Crippen LogP contribution in [0.25, 0.3) is 0 Å². The maximum atomic E-state index is 11.9. The van der Waals surface area contributed by atoms with Gasteiger partial charge in [0.1, 0.15) is 5.75 Å². The fourth-order valence-electron chi connectivity index (χ4n) is 9.99. The first-order valence-corrected chi connectivity index (χ1v) is 15.2. The molecule has 5 fully saturated rings. The van der Waals surface area contributed by atoms with Crippen LogP contribution in [0.2, 0.25) is 0 Å². The van der Waals surface area contributed by atoms with Crippen molar-refractivity contribution in [1.82, 2.24) is 9.80 Å². The normalized spacial score (nSPS) is 44.6. The summed E-state index contributed by atoms with van der Waals surface area (Å²) in [6.07, 6.45) is 10.4. The van der Waals surface area contributed by atoms with Crippen molar-refractivity contribution in [2.45, 2.75) is 89.9 Å². The van der Waals surface area contributed by atoms with Crippen molar-refractivity contribution < 1.29 is 14.9 Å². The smallest absolute Gasteiger partial charge is 0.119 e. The molecule has 1 aliphatic heterocycles. The van der Waals surface area contributed by atoms with E-state index in [2.05, 4.69) is 41.8 Å². The van der Waals surface area contributed by atoms with Gasteiger partial charge in [0.2, 0.25) is 0 Å². The average Bonchev–Trinajstić information content (AvgIpc) is 3.20. The summed E-state index contributed by atoms with van der Waals surface area (Å²) in [6, 6.07) is 8.42. The summed E-state index contributed by atoms with van der Waals surface area (Å²) < 4.78 is 5.39. The number of aliphatic hydroxyl groups excluding tert-OH is 1. The first-order chi connectivity index (χ1) is 17.7. The third-order valence-electron chi connectivity index (χ3n) is 12.3. The van der Waals surface area contributed by atoms with E-state index in [1.165, 1.54) is 44.1 Å². The molecule has 5 aliphatic rings. The lowest BCUT2D eigenvalue weighted by atomic mass is 9.44. The number of aliphatic hydroxyl groups is 2. The van der Waals surface area contributed by atoms with Crippen LogP contribution >= 0.6 is 0 Å². The molecular weight excluding hydrogens is 460 g/mol. The van der Waals surface area contributed by atoms with E-state index in [0.29, 0.717) is 17.3 Å². The molecule has 5 nitrogen and oxygen atoms in total. The molecule has 0 unspecified atom stereocenters. The highest BCUT2D eigenvalue weighted by Gasteiger charge is 2.61. The van der Waals surface area contributed by atoms with E-state index in [4.69, 9.17) is 4.74 Å². The number of hydrogen-bond acceptors (Lipinski definition) is 5. The van der Waals surface area contributed by atoms with Gasteiger partial charge in [-0.15, -0.1) is 0 Å². The minimum absolute atomic E-state index is 0.0867. The van der Waals surface area contributed by atoms with E-state index >= 15 is 0 Å². The van der Waals surface area contributed by atoms with Gasteiger partial charge in [-0.05, 0) is 110 Å². The topological polar surface area (TPSA) is 56.2 Å². The largest absolute Gasteiger partial charge is 0.497 e. The molecule has 0 radical (unpaired) electrons. The summed E-state index contributed by atoms with van der Waals surface area (Å²) in [7, 11) is 1.73. The Bertz CT molecular complexity index is 963. The van der Waals surface area contributed by atoms with Crippen LogP contribution in [0.15, 0.2) is 24.3 Å². The zero-order valence-corrected chi connectivity index (χ0v) is 23.5. The SMILES string of the molecule is COc1cccc(CN2CCN(C[C@@]3(O)CC[C@@]4(C)[C@@H](CC[C@@H]5[C@@H]4CC[C@]4(C)[C@H](O)CC[C@@H]54)C3)CC2)c1. The Kier molecular flexibility index (Phi) is 6.91. The molecule has 4 aliphatic carbocycles. The predicted molar refractivity (Wildman–Crippen MR) is 147 cm³/mol. The molecule has 5 heteroatoms. The summed E-state index contributed by atoms with van der Waals surface area (Å²) >= 11 is 0. The lowest BCUT2D eigenvalue weighted by Crippen LogP contribution is -2.59. The van der Waals surface area contributed by atoms with Gasteiger partial charge < -0.3 is 14.9 Å². The van der Waals surface area contributed by atoms with E-state index in [0.717, 1.165) is 76.1 Å². The first kappa shape index (κ1) is 26.1. The van der Waals surface area contributed by atoms with Crippen LogP contribution in [0.5, 0.6) is 5.75 Å². The number of methoxy groups -OCH3 is 1. The Morgan fingerprint density at radius 1 is 0.892 bits per heavy atom. The Morgan fingerprint density at radius 3 is 2.43 bits per heavy atom. The van der Waals surface area contributed by atoms with Gasteiger partial charge >= 0.3 is 0 Å². The zero-order valence-electron chi connectivity index (χ0n) is 23.5. The second-order valence-electron chi connectivity index (χ2n) is 14.1. The molecule has 0 aromatic heterocycles. The summed E-state index contributed by atoms with van der Waals surface area (Å²) in [5.74, 6) is 3.88. The van der Waals surface area contributed by atoms with E-state index < -0.39 is 5.60 Å². The number of rotatable bonds is 5. The van der Waals surface area contributed by atoms with Crippen molar-refractivity contribution in [2.75, 3.05) is 39.8 Å². The number of fused-ring (bicyclic) bond motifs is 5. The predicted octanol–water partition coefficient (Wildman–Crippen LogP) is 4.95. The molecule has 2 N–H and O–H groups in total. The van der Waals surface area contributed by atoms with Crippen LogP contribution in [0.4, 0.5) is 0 Å². The van der Waals surface area contributed by atoms with Crippen LogP contribution < -0.4 is 4.74 Å². The van der Waals surface area contributed by atoms with Gasteiger partial charge in [0, 0.05) is 39.3 Å². The number of benzene rings is 1. The quantitative estimate of drug-likeness (QED) is 0.587. The lowest BCUT2D eigenvalue weighted by molar-refractivity contribution is -0.159. The van der Waals surface area contributed by atoms with Gasteiger partial charge in [0.05, 0.1) is 18.8 Å². The van der Waals surface area contributed by atoms with Crippen LogP contribution in [-0.2, 0) is 6.54 Å². The van der Waals surface area contributed by atoms with Crippen molar-refractivity contribution in [2.24, 2.45) is 34.5 Å². The van der Waals surface area contributed by atoms with Crippen LogP contribution in [0.1, 0.15) is 77.2 Å². The molecule has 0 bridgehead atoms. The number of β-amino-alcohol motifs (C(OH)–C–C–N with tert-alkyl or cyclic N) is 1. The maximum absolute atomic E-state index is 11.9. The molecule has 1 aromatic carbocycles. The molecule has 1 aromatic rings. The molecule has 1 saturated heterocycles. The van der Waals surface area contributed by atoms with E-state index in [1.54, 1.807) is 7.11 Å². The van der Waals surface area contributed by atoms with Gasteiger partial charge in [-0.25, -0.2) is 0 Å². The Morgan fingerprint density at radius 2 is 1.65 bits per heavy atom. The van der Waals surface area contributed by atoms with Crippen LogP contribution in [0, 0.1) is 34.5 Å². The van der Waals surface area contributed by atoms with Crippen LogP contribution in [0.3, 0.4) is 0 Å². The molecule has 206 valence electrons. The highest BCUT2D eigenvalue weighted by atomic mass is 16.5. The second-order valence-corrected chi connectivity index (χ2v) is 14.1. The molecule has 0 spiro atoms. The summed E-state index contributed by atoms with van der Waals surface area (Å²) in [6.45, 7) is 11.0. The third kappa shape index (κ3) is 4.66. The molecule has 4 saturated carbocycles. The second kappa shape index (κ2) is 9.80. The van der Waals surface area contributed by atoms with E-state index in [9.17, 15) is 10.2 Å². The lowest BCUT2D eigenvalue weighted by Gasteiger charge is -2.62. The van der Waals surface area contributed by atoms with Gasteiger partial charge in [-0.1, -0.05) is 26.0 Å². The summed E-state index contributed by atoms with van der Waals surface area (Å²) in [5.41, 5.74) is 1.32. The molecule has 1 heterocycles. The minimum Gasteiger partial charge on any atom is -0.497 e. The van der Waals surface area contributed by atoms with Crippen LogP contribution in [-0.4, -0.2) is 71.6 Å². The highest BCUT2D eigenvalue weighted by Crippen LogP contribution is 2.66. The highest BCUT2D eigenvalue weighted by molar-refractivity contribution is 5.28. The molecule has 6 rings (SSSR count). The van der Waals surface area contributed by atoms with E-state index in [-0.39, 0.29) is 11.5 Å². The summed E-state index contributed by atoms with van der Waals surface area (Å²) in [5, 5.41) is 22.6. The minimum atomic E-state index is -0.529. The Balaban J connectivity index is 1.04. The number of nitrogens with zero attached hydrogens (tertiary/aromatic N) is 2. The standard InChI is InChI=1S/C32H50N2O3/c1-30-13-14-32(36,22-34-17-15-33(16-18-34)21-23-5-4-6-25(19-23)37-3)20-24(30)7-8-26-27-9-10-29(35)31(27,2)12-11-28(26)30/h4-6,19,24,26-29,35-36H,7-18,20-22H2,1-3H3/t24-,26-,27-,28-,29+,30-,31-,32+/m0/s1. The molecule has 37 heavy (non-hydrogen) atoms. The number of hydrogen-bond donors (Lipinski definition) is 2. The Labute approximate surface area is 224 Å². The summed E-state index contributed by atoms with van der Waals surface area (Å²) in [4.78, 5) is 5.06. The fraction of sp³-hybridized carbons (Fsp3) is 0.812. The number of piperazine rings is 1. The zero-order chi connectivity index (χ0) is 25.8. The molecular formula is C32H50N2O3. The van der Waals surface area contributed by atoms with Gasteiger partial charge in [-0.2, -0.15) is 0 Å². The van der Waals surface area contributed by atoms with Crippen molar-refractivity contribution >= 4 is 0 Å².